The second-order valence-electron chi connectivity index (χ2n) is 7.19. The first-order valence-electron chi connectivity index (χ1n) is 9.24. The van der Waals surface area contributed by atoms with Crippen LogP contribution in [0.2, 0.25) is 0 Å². The smallest absolute Gasteiger partial charge is 0.344 e. The van der Waals surface area contributed by atoms with E-state index in [1.165, 1.54) is 0 Å². The highest BCUT2D eigenvalue weighted by Gasteiger charge is 2.26. The summed E-state index contributed by atoms with van der Waals surface area (Å²) in [6.45, 7) is 6.39. The van der Waals surface area contributed by atoms with E-state index in [4.69, 9.17) is 15.2 Å². The predicted octanol–water partition coefficient (Wildman–Crippen LogP) is 1.76. The van der Waals surface area contributed by atoms with Crippen LogP contribution < -0.4 is 10.5 Å². The van der Waals surface area contributed by atoms with Crippen LogP contribution in [0.1, 0.15) is 43.7 Å². The summed E-state index contributed by atoms with van der Waals surface area (Å²) in [4.78, 5) is 36.8. The molecular weight excluding hydrogens is 348 g/mol. The van der Waals surface area contributed by atoms with Crippen LogP contribution >= 0.6 is 0 Å². The Kier molecular flexibility index (Phi) is 7.21. The molecule has 148 valence electrons. The van der Waals surface area contributed by atoms with Crippen molar-refractivity contribution in [2.75, 3.05) is 26.3 Å². The molecule has 0 radical (unpaired) electrons. The molecule has 1 aliphatic rings. The molecule has 0 aromatic heterocycles. The molecule has 0 atom stereocenters. The van der Waals surface area contributed by atoms with Crippen LogP contribution in [0.15, 0.2) is 18.2 Å². The summed E-state index contributed by atoms with van der Waals surface area (Å²) >= 11 is 0. The number of rotatable bonds is 7. The number of esters is 1. The lowest BCUT2D eigenvalue weighted by Gasteiger charge is -2.30. The summed E-state index contributed by atoms with van der Waals surface area (Å²) < 4.78 is 10.6. The van der Waals surface area contributed by atoms with Gasteiger partial charge in [-0.25, -0.2) is 4.79 Å². The number of ether oxygens (including phenoxy) is 2. The van der Waals surface area contributed by atoms with Gasteiger partial charge in [-0.1, -0.05) is 26.0 Å². The number of benzene rings is 1. The molecule has 1 aromatic carbocycles. The molecule has 0 aliphatic carbocycles. The lowest BCUT2D eigenvalue weighted by atomic mass is 9.96. The highest BCUT2D eigenvalue weighted by molar-refractivity contribution is 5.82. The van der Waals surface area contributed by atoms with Gasteiger partial charge in [-0.15, -0.1) is 0 Å². The summed E-state index contributed by atoms with van der Waals surface area (Å²) in [6.07, 6.45) is 1.09. The van der Waals surface area contributed by atoms with E-state index in [-0.39, 0.29) is 30.9 Å². The number of carbonyl (C=O) groups is 3. The molecule has 1 fully saturated rings. The number of piperidine rings is 1. The average molecular weight is 376 g/mol. The number of aryl methyl sites for hydroxylation is 1. The van der Waals surface area contributed by atoms with Gasteiger partial charge in [0.1, 0.15) is 5.75 Å². The van der Waals surface area contributed by atoms with Crippen LogP contribution in [0.4, 0.5) is 0 Å². The number of hydrogen-bond acceptors (Lipinski definition) is 5. The van der Waals surface area contributed by atoms with Gasteiger partial charge in [0.25, 0.3) is 5.91 Å². The Hall–Kier alpha value is -2.57. The minimum Gasteiger partial charge on any atom is -0.482 e. The van der Waals surface area contributed by atoms with E-state index in [0.717, 1.165) is 11.1 Å². The van der Waals surface area contributed by atoms with Crippen molar-refractivity contribution in [1.82, 2.24) is 4.90 Å². The molecule has 1 heterocycles. The second kappa shape index (κ2) is 9.39. The van der Waals surface area contributed by atoms with Crippen molar-refractivity contribution in [1.29, 1.82) is 0 Å². The van der Waals surface area contributed by atoms with Crippen molar-refractivity contribution in [3.63, 3.8) is 0 Å². The standard InChI is InChI=1S/C20H28N2O5/c1-13(2)16-5-4-14(3)17(10-16)26-12-19(24)27-11-18(23)22-8-6-15(7-9-22)20(21)25/h4-5,10,13,15H,6-9,11-12H2,1-3H3,(H2,21,25). The van der Waals surface area contributed by atoms with E-state index in [1.807, 2.05) is 25.1 Å². The summed E-state index contributed by atoms with van der Waals surface area (Å²) in [5, 5.41) is 0. The van der Waals surface area contributed by atoms with Crippen molar-refractivity contribution >= 4 is 17.8 Å². The number of likely N-dealkylation sites (tertiary alicyclic amines) is 1. The molecule has 0 saturated carbocycles. The van der Waals surface area contributed by atoms with Gasteiger partial charge in [0, 0.05) is 19.0 Å². The maximum absolute atomic E-state index is 12.1. The SMILES string of the molecule is Cc1ccc(C(C)C)cc1OCC(=O)OCC(=O)N1CCC(C(N)=O)CC1. The zero-order chi connectivity index (χ0) is 20.0. The molecule has 0 unspecified atom stereocenters. The van der Waals surface area contributed by atoms with Crippen molar-refractivity contribution in [2.45, 2.75) is 39.5 Å². The molecule has 1 aliphatic heterocycles. The van der Waals surface area contributed by atoms with E-state index in [2.05, 4.69) is 13.8 Å². The molecule has 0 bridgehead atoms. The molecule has 2 N–H and O–H groups in total. The lowest BCUT2D eigenvalue weighted by Crippen LogP contribution is -2.43. The fraction of sp³-hybridized carbons (Fsp3) is 0.550. The van der Waals surface area contributed by atoms with Crippen LogP contribution in [0, 0.1) is 12.8 Å². The van der Waals surface area contributed by atoms with Crippen molar-refractivity contribution in [3.05, 3.63) is 29.3 Å². The zero-order valence-electron chi connectivity index (χ0n) is 16.2. The summed E-state index contributed by atoms with van der Waals surface area (Å²) in [5.41, 5.74) is 7.33. The van der Waals surface area contributed by atoms with Gasteiger partial charge in [0.2, 0.25) is 5.91 Å². The Balaban J connectivity index is 1.76. The first-order chi connectivity index (χ1) is 12.8. The fourth-order valence-corrected chi connectivity index (χ4v) is 2.96. The van der Waals surface area contributed by atoms with E-state index < -0.39 is 5.97 Å². The molecule has 0 spiro atoms. The van der Waals surface area contributed by atoms with Gasteiger partial charge >= 0.3 is 5.97 Å². The summed E-state index contributed by atoms with van der Waals surface area (Å²) in [5.74, 6) is -0.388. The Morgan fingerprint density at radius 1 is 1.19 bits per heavy atom. The van der Waals surface area contributed by atoms with Gasteiger partial charge in [-0.3, -0.25) is 9.59 Å². The van der Waals surface area contributed by atoms with Crippen molar-refractivity contribution in [3.8, 4) is 5.75 Å². The van der Waals surface area contributed by atoms with Crippen molar-refractivity contribution < 1.29 is 23.9 Å². The highest BCUT2D eigenvalue weighted by atomic mass is 16.6. The predicted molar refractivity (Wildman–Crippen MR) is 100 cm³/mol. The van der Waals surface area contributed by atoms with Crippen LogP contribution in [0.3, 0.4) is 0 Å². The second-order valence-corrected chi connectivity index (χ2v) is 7.19. The monoisotopic (exact) mass is 376 g/mol. The third-order valence-corrected chi connectivity index (χ3v) is 4.83. The molecule has 2 amide bonds. The van der Waals surface area contributed by atoms with E-state index in [9.17, 15) is 14.4 Å². The third kappa shape index (κ3) is 5.98. The topological polar surface area (TPSA) is 98.9 Å². The van der Waals surface area contributed by atoms with Gasteiger partial charge in [-0.05, 0) is 42.9 Å². The highest BCUT2D eigenvalue weighted by Crippen LogP contribution is 2.24. The Morgan fingerprint density at radius 2 is 1.85 bits per heavy atom. The molecule has 7 heteroatoms. The Morgan fingerprint density at radius 3 is 2.44 bits per heavy atom. The Bertz CT molecular complexity index is 694. The zero-order valence-corrected chi connectivity index (χ0v) is 16.2. The average Bonchev–Trinajstić information content (AvgIpc) is 2.65. The maximum Gasteiger partial charge on any atom is 0.344 e. The van der Waals surface area contributed by atoms with Gasteiger partial charge in [-0.2, -0.15) is 0 Å². The van der Waals surface area contributed by atoms with Gasteiger partial charge < -0.3 is 20.1 Å². The fourth-order valence-electron chi connectivity index (χ4n) is 2.96. The van der Waals surface area contributed by atoms with Crippen LogP contribution in [0.25, 0.3) is 0 Å². The summed E-state index contributed by atoms with van der Waals surface area (Å²) in [6, 6.07) is 5.90. The first kappa shape index (κ1) is 20.7. The third-order valence-electron chi connectivity index (χ3n) is 4.83. The quantitative estimate of drug-likeness (QED) is 0.731. The van der Waals surface area contributed by atoms with E-state index in [0.29, 0.717) is 37.6 Å². The number of carbonyl (C=O) groups excluding carboxylic acids is 3. The number of primary amides is 1. The molecule has 27 heavy (non-hydrogen) atoms. The molecule has 1 saturated heterocycles. The minimum absolute atomic E-state index is 0.185. The first-order valence-corrected chi connectivity index (χ1v) is 9.24. The summed E-state index contributed by atoms with van der Waals surface area (Å²) in [7, 11) is 0. The van der Waals surface area contributed by atoms with E-state index in [1.54, 1.807) is 4.90 Å². The van der Waals surface area contributed by atoms with Gasteiger partial charge in [0.15, 0.2) is 13.2 Å². The van der Waals surface area contributed by atoms with Crippen molar-refractivity contribution in [2.24, 2.45) is 11.7 Å². The number of amides is 2. The number of hydrogen-bond donors (Lipinski definition) is 1. The van der Waals surface area contributed by atoms with Crippen LogP contribution in [-0.2, 0) is 19.1 Å². The van der Waals surface area contributed by atoms with E-state index >= 15 is 0 Å². The number of nitrogens with two attached hydrogens (primary N) is 1. The lowest BCUT2D eigenvalue weighted by molar-refractivity contribution is -0.154. The molecular formula is C20H28N2O5. The largest absolute Gasteiger partial charge is 0.482 e. The Labute approximate surface area is 159 Å². The van der Waals surface area contributed by atoms with Crippen LogP contribution in [0.5, 0.6) is 5.75 Å². The number of nitrogens with zero attached hydrogens (tertiary/aromatic N) is 1. The minimum atomic E-state index is -0.593. The van der Waals surface area contributed by atoms with Crippen LogP contribution in [-0.4, -0.2) is 49.0 Å². The molecule has 7 nitrogen and oxygen atoms in total. The molecule has 2 rings (SSSR count). The maximum atomic E-state index is 12.1. The normalized spacial score (nSPS) is 14.9. The van der Waals surface area contributed by atoms with Gasteiger partial charge in [0.05, 0.1) is 0 Å². The molecule has 1 aromatic rings.